The average Bonchev–Trinajstić information content (AvgIpc) is 2.57. The molecule has 0 bridgehead atoms. The number of benzene rings is 1. The Kier molecular flexibility index (Phi) is 5.20. The van der Waals surface area contributed by atoms with Crippen LogP contribution in [0.4, 0.5) is 0 Å². The van der Waals surface area contributed by atoms with Crippen LogP contribution in [0.1, 0.15) is 35.7 Å². The number of hydrogen-bond acceptors (Lipinski definition) is 3. The molecule has 1 aliphatic heterocycles. The van der Waals surface area contributed by atoms with E-state index in [9.17, 15) is 0 Å². The monoisotopic (exact) mass is 296 g/mol. The van der Waals surface area contributed by atoms with Gasteiger partial charge in [0, 0.05) is 30.3 Å². The molecule has 2 aromatic rings. The van der Waals surface area contributed by atoms with E-state index < -0.39 is 0 Å². The van der Waals surface area contributed by atoms with Gasteiger partial charge in [-0.05, 0) is 43.6 Å². The molecule has 0 unspecified atom stereocenters. The third-order valence-corrected chi connectivity index (χ3v) is 4.48. The standard InChI is InChI=1S/C19H24N2O/c22-14-13-21-11-9-17(10-12-21)19-8-4-7-18(20-19)15-16-5-2-1-3-6-16/h1-8,17,22H,9-15H2. The summed E-state index contributed by atoms with van der Waals surface area (Å²) in [6, 6.07) is 16.9. The van der Waals surface area contributed by atoms with Crippen LogP contribution < -0.4 is 0 Å². The number of nitrogens with zero attached hydrogens (tertiary/aromatic N) is 2. The molecular weight excluding hydrogens is 272 g/mol. The molecule has 1 aromatic carbocycles. The van der Waals surface area contributed by atoms with Gasteiger partial charge in [-0.25, -0.2) is 0 Å². The van der Waals surface area contributed by atoms with Gasteiger partial charge in [-0.2, -0.15) is 0 Å². The fourth-order valence-corrected chi connectivity index (χ4v) is 3.22. The zero-order valence-electron chi connectivity index (χ0n) is 13.0. The van der Waals surface area contributed by atoms with Crippen molar-refractivity contribution in [1.82, 2.24) is 9.88 Å². The predicted molar refractivity (Wildman–Crippen MR) is 89.0 cm³/mol. The van der Waals surface area contributed by atoms with Crippen molar-refractivity contribution in [1.29, 1.82) is 0 Å². The van der Waals surface area contributed by atoms with Crippen LogP contribution in [0.5, 0.6) is 0 Å². The second kappa shape index (κ2) is 7.52. The van der Waals surface area contributed by atoms with Crippen LogP contribution in [0.25, 0.3) is 0 Å². The quantitative estimate of drug-likeness (QED) is 0.921. The summed E-state index contributed by atoms with van der Waals surface area (Å²) in [7, 11) is 0. The van der Waals surface area contributed by atoms with Crippen LogP contribution in [0.2, 0.25) is 0 Å². The Morgan fingerprint density at radius 2 is 1.77 bits per heavy atom. The average molecular weight is 296 g/mol. The molecule has 0 aliphatic carbocycles. The van der Waals surface area contributed by atoms with Crippen LogP contribution in [0.15, 0.2) is 48.5 Å². The number of aliphatic hydroxyl groups excluding tert-OH is 1. The van der Waals surface area contributed by atoms with E-state index >= 15 is 0 Å². The van der Waals surface area contributed by atoms with Gasteiger partial charge < -0.3 is 10.0 Å². The van der Waals surface area contributed by atoms with E-state index in [2.05, 4.69) is 47.4 Å². The van der Waals surface area contributed by atoms with Crippen molar-refractivity contribution in [2.24, 2.45) is 0 Å². The highest BCUT2D eigenvalue weighted by Crippen LogP contribution is 2.26. The molecule has 0 atom stereocenters. The van der Waals surface area contributed by atoms with Crippen molar-refractivity contribution in [2.75, 3.05) is 26.2 Å². The van der Waals surface area contributed by atoms with Gasteiger partial charge in [0.2, 0.25) is 0 Å². The lowest BCUT2D eigenvalue weighted by molar-refractivity contribution is 0.163. The Labute approximate surface area is 132 Å². The molecular formula is C19H24N2O. The topological polar surface area (TPSA) is 36.4 Å². The molecule has 0 amide bonds. The molecule has 1 aliphatic rings. The second-order valence-electron chi connectivity index (χ2n) is 6.06. The fourth-order valence-electron chi connectivity index (χ4n) is 3.22. The molecule has 3 rings (SSSR count). The molecule has 1 N–H and O–H groups in total. The number of piperidine rings is 1. The van der Waals surface area contributed by atoms with Gasteiger partial charge in [-0.1, -0.05) is 36.4 Å². The van der Waals surface area contributed by atoms with Gasteiger partial charge in [0.15, 0.2) is 0 Å². The molecule has 1 fully saturated rings. The van der Waals surface area contributed by atoms with Crippen molar-refractivity contribution >= 4 is 0 Å². The van der Waals surface area contributed by atoms with E-state index in [0.717, 1.165) is 44.6 Å². The smallest absolute Gasteiger partial charge is 0.0558 e. The van der Waals surface area contributed by atoms with Gasteiger partial charge in [0.25, 0.3) is 0 Å². The van der Waals surface area contributed by atoms with Crippen LogP contribution in [-0.4, -0.2) is 41.2 Å². The van der Waals surface area contributed by atoms with Crippen LogP contribution in [0.3, 0.4) is 0 Å². The predicted octanol–water partition coefficient (Wildman–Crippen LogP) is 2.84. The Morgan fingerprint density at radius 3 is 2.50 bits per heavy atom. The number of aromatic nitrogens is 1. The first-order chi connectivity index (χ1) is 10.8. The summed E-state index contributed by atoms with van der Waals surface area (Å²) in [5.41, 5.74) is 3.70. The van der Waals surface area contributed by atoms with Gasteiger partial charge in [-0.3, -0.25) is 4.98 Å². The Morgan fingerprint density at radius 1 is 1.00 bits per heavy atom. The van der Waals surface area contributed by atoms with Crippen molar-refractivity contribution in [3.8, 4) is 0 Å². The number of aliphatic hydroxyl groups is 1. The molecule has 3 heteroatoms. The summed E-state index contributed by atoms with van der Waals surface area (Å²) in [6.45, 7) is 3.19. The maximum Gasteiger partial charge on any atom is 0.0558 e. The van der Waals surface area contributed by atoms with Gasteiger partial charge >= 0.3 is 0 Å². The van der Waals surface area contributed by atoms with Gasteiger partial charge in [-0.15, -0.1) is 0 Å². The summed E-state index contributed by atoms with van der Waals surface area (Å²) in [6.07, 6.45) is 3.18. The zero-order valence-corrected chi connectivity index (χ0v) is 13.0. The van der Waals surface area contributed by atoms with E-state index in [1.807, 2.05) is 6.07 Å². The summed E-state index contributed by atoms with van der Waals surface area (Å²) in [4.78, 5) is 7.23. The lowest BCUT2D eigenvalue weighted by Crippen LogP contribution is -2.35. The number of rotatable bonds is 5. The summed E-state index contributed by atoms with van der Waals surface area (Å²) >= 11 is 0. The number of likely N-dealkylation sites (tertiary alicyclic amines) is 1. The molecule has 0 spiro atoms. The third kappa shape index (κ3) is 3.93. The molecule has 22 heavy (non-hydrogen) atoms. The molecule has 116 valence electrons. The minimum atomic E-state index is 0.259. The zero-order chi connectivity index (χ0) is 15.2. The first kappa shape index (κ1) is 15.2. The summed E-state index contributed by atoms with van der Waals surface area (Å²) in [5.74, 6) is 0.561. The second-order valence-corrected chi connectivity index (χ2v) is 6.06. The largest absolute Gasteiger partial charge is 0.395 e. The third-order valence-electron chi connectivity index (χ3n) is 4.48. The fraction of sp³-hybridized carbons (Fsp3) is 0.421. The molecule has 1 aromatic heterocycles. The van der Waals surface area contributed by atoms with Crippen LogP contribution in [0, 0.1) is 0 Å². The van der Waals surface area contributed by atoms with E-state index in [1.54, 1.807) is 0 Å². The molecule has 0 radical (unpaired) electrons. The lowest BCUT2D eigenvalue weighted by atomic mass is 9.92. The van der Waals surface area contributed by atoms with Crippen molar-refractivity contribution in [3.63, 3.8) is 0 Å². The lowest BCUT2D eigenvalue weighted by Gasteiger charge is -2.31. The highest BCUT2D eigenvalue weighted by molar-refractivity contribution is 5.23. The van der Waals surface area contributed by atoms with E-state index in [4.69, 9.17) is 10.1 Å². The van der Waals surface area contributed by atoms with Crippen LogP contribution in [-0.2, 0) is 6.42 Å². The van der Waals surface area contributed by atoms with Gasteiger partial charge in [0.1, 0.15) is 0 Å². The number of pyridine rings is 1. The number of hydrogen-bond donors (Lipinski definition) is 1. The van der Waals surface area contributed by atoms with Crippen molar-refractivity contribution < 1.29 is 5.11 Å². The first-order valence-corrected chi connectivity index (χ1v) is 8.18. The minimum Gasteiger partial charge on any atom is -0.395 e. The SMILES string of the molecule is OCCN1CCC(c2cccc(Cc3ccccc3)n2)CC1. The Balaban J connectivity index is 1.64. The molecule has 2 heterocycles. The van der Waals surface area contributed by atoms with Gasteiger partial charge in [0.05, 0.1) is 6.61 Å². The first-order valence-electron chi connectivity index (χ1n) is 8.18. The summed E-state index contributed by atoms with van der Waals surface area (Å²) < 4.78 is 0. The normalized spacial score (nSPS) is 16.8. The maximum atomic E-state index is 9.02. The molecule has 0 saturated carbocycles. The number of β-amino-alcohol motifs (C(OH)–C–C–N with tert-alkyl or cyclic N) is 1. The van der Waals surface area contributed by atoms with E-state index in [1.165, 1.54) is 11.3 Å². The minimum absolute atomic E-state index is 0.259. The van der Waals surface area contributed by atoms with Crippen LogP contribution >= 0.6 is 0 Å². The van der Waals surface area contributed by atoms with Crippen molar-refractivity contribution in [3.05, 3.63) is 65.5 Å². The van der Waals surface area contributed by atoms with Crippen molar-refractivity contribution in [2.45, 2.75) is 25.2 Å². The highest BCUT2D eigenvalue weighted by Gasteiger charge is 2.21. The summed E-state index contributed by atoms with van der Waals surface area (Å²) in [5, 5.41) is 9.02. The highest BCUT2D eigenvalue weighted by atomic mass is 16.3. The van der Waals surface area contributed by atoms with E-state index in [-0.39, 0.29) is 6.61 Å². The van der Waals surface area contributed by atoms with E-state index in [0.29, 0.717) is 5.92 Å². The molecule has 3 nitrogen and oxygen atoms in total. The maximum absolute atomic E-state index is 9.02. The molecule has 1 saturated heterocycles. The Hall–Kier alpha value is -1.71. The Bertz CT molecular complexity index is 577.